The third-order valence-electron chi connectivity index (χ3n) is 4.36. The van der Waals surface area contributed by atoms with Gasteiger partial charge in [-0.25, -0.2) is 0 Å². The lowest BCUT2D eigenvalue weighted by Gasteiger charge is -2.30. The molecule has 0 radical (unpaired) electrons. The molecule has 0 unspecified atom stereocenters. The Bertz CT molecular complexity index is 658. The highest BCUT2D eigenvalue weighted by Gasteiger charge is 2.19. The molecule has 0 saturated carbocycles. The van der Waals surface area contributed by atoms with Crippen LogP contribution < -0.4 is 11.5 Å². The van der Waals surface area contributed by atoms with Crippen molar-refractivity contribution in [1.29, 1.82) is 0 Å². The predicted molar refractivity (Wildman–Crippen MR) is 96.3 cm³/mol. The molecule has 1 saturated heterocycles. The topological polar surface area (TPSA) is 67.6 Å². The molecule has 0 aromatic heterocycles. The van der Waals surface area contributed by atoms with Gasteiger partial charge in [-0.3, -0.25) is 9.89 Å². The van der Waals surface area contributed by atoms with Crippen molar-refractivity contribution >= 4 is 11.5 Å². The molecule has 0 spiro atoms. The van der Waals surface area contributed by atoms with E-state index in [2.05, 4.69) is 35.2 Å². The second-order valence-electron chi connectivity index (χ2n) is 6.09. The highest BCUT2D eigenvalue weighted by molar-refractivity contribution is 6.02. The standard InChI is InChI=1S/C19H24N4/c20-18-9-5-4-8-17(18)19(21)22-16-10-12-23(13-11-16)14-15-6-2-1-3-7-15/h1-9,16H,10-14,20H2,(H2,21,22). The second kappa shape index (κ2) is 7.29. The van der Waals surface area contributed by atoms with Gasteiger partial charge in [0.25, 0.3) is 0 Å². The van der Waals surface area contributed by atoms with E-state index in [1.54, 1.807) is 0 Å². The predicted octanol–water partition coefficient (Wildman–Crippen LogP) is 2.64. The molecule has 1 fully saturated rings. The molecule has 120 valence electrons. The maximum Gasteiger partial charge on any atom is 0.127 e. The molecule has 0 amide bonds. The zero-order valence-corrected chi connectivity index (χ0v) is 13.4. The number of anilines is 1. The summed E-state index contributed by atoms with van der Waals surface area (Å²) in [4.78, 5) is 7.18. The first-order valence-corrected chi connectivity index (χ1v) is 8.17. The Morgan fingerprint density at radius 3 is 2.35 bits per heavy atom. The highest BCUT2D eigenvalue weighted by Crippen LogP contribution is 2.18. The Balaban J connectivity index is 1.57. The number of para-hydroxylation sites is 1. The van der Waals surface area contributed by atoms with Crippen LogP contribution in [-0.2, 0) is 6.54 Å². The van der Waals surface area contributed by atoms with Crippen molar-refractivity contribution < 1.29 is 0 Å². The van der Waals surface area contributed by atoms with Crippen LogP contribution in [0.5, 0.6) is 0 Å². The van der Waals surface area contributed by atoms with Crippen LogP contribution in [0, 0.1) is 0 Å². The summed E-state index contributed by atoms with van der Waals surface area (Å²) in [5.41, 5.74) is 15.0. The van der Waals surface area contributed by atoms with Gasteiger partial charge in [0.15, 0.2) is 0 Å². The second-order valence-corrected chi connectivity index (χ2v) is 6.09. The molecule has 0 atom stereocenters. The minimum atomic E-state index is 0.293. The Kier molecular flexibility index (Phi) is 4.93. The van der Waals surface area contributed by atoms with E-state index in [1.165, 1.54) is 5.56 Å². The maximum absolute atomic E-state index is 6.14. The van der Waals surface area contributed by atoms with E-state index >= 15 is 0 Å². The van der Waals surface area contributed by atoms with Gasteiger partial charge in [-0.1, -0.05) is 42.5 Å². The number of piperidine rings is 1. The molecule has 3 rings (SSSR count). The van der Waals surface area contributed by atoms with Crippen LogP contribution in [0.15, 0.2) is 59.6 Å². The van der Waals surface area contributed by atoms with Gasteiger partial charge in [0, 0.05) is 30.9 Å². The van der Waals surface area contributed by atoms with Gasteiger partial charge in [-0.15, -0.1) is 0 Å². The summed E-state index contributed by atoms with van der Waals surface area (Å²) in [5.74, 6) is 0.560. The van der Waals surface area contributed by atoms with Gasteiger partial charge in [0.1, 0.15) is 5.84 Å². The first-order valence-electron chi connectivity index (χ1n) is 8.17. The zero-order chi connectivity index (χ0) is 16.1. The molecule has 4 heteroatoms. The van der Waals surface area contributed by atoms with Crippen molar-refractivity contribution in [1.82, 2.24) is 4.90 Å². The zero-order valence-electron chi connectivity index (χ0n) is 13.4. The molecule has 2 aromatic rings. The molecular weight excluding hydrogens is 284 g/mol. The summed E-state index contributed by atoms with van der Waals surface area (Å²) < 4.78 is 0. The number of benzene rings is 2. The summed E-state index contributed by atoms with van der Waals surface area (Å²) in [6.07, 6.45) is 2.08. The van der Waals surface area contributed by atoms with Gasteiger partial charge in [0.05, 0.1) is 6.04 Å². The molecule has 1 aliphatic heterocycles. The number of amidine groups is 1. The van der Waals surface area contributed by atoms with Gasteiger partial charge < -0.3 is 11.5 Å². The van der Waals surface area contributed by atoms with Crippen molar-refractivity contribution in [2.45, 2.75) is 25.4 Å². The van der Waals surface area contributed by atoms with Crippen molar-refractivity contribution in [3.05, 3.63) is 65.7 Å². The van der Waals surface area contributed by atoms with E-state index in [-0.39, 0.29) is 0 Å². The third-order valence-corrected chi connectivity index (χ3v) is 4.36. The molecule has 4 nitrogen and oxygen atoms in total. The number of hydrogen-bond acceptors (Lipinski definition) is 3. The summed E-state index contributed by atoms with van der Waals surface area (Å²) >= 11 is 0. The summed E-state index contributed by atoms with van der Waals surface area (Å²) in [7, 11) is 0. The number of likely N-dealkylation sites (tertiary alicyclic amines) is 1. The number of nitrogen functional groups attached to an aromatic ring is 1. The van der Waals surface area contributed by atoms with Crippen LogP contribution in [-0.4, -0.2) is 29.9 Å². The van der Waals surface area contributed by atoms with E-state index in [0.717, 1.165) is 38.0 Å². The van der Waals surface area contributed by atoms with Crippen molar-refractivity contribution in [2.24, 2.45) is 10.7 Å². The molecule has 2 aromatic carbocycles. The minimum absolute atomic E-state index is 0.293. The van der Waals surface area contributed by atoms with Crippen LogP contribution in [0.1, 0.15) is 24.0 Å². The average molecular weight is 308 g/mol. The summed E-state index contributed by atoms with van der Waals surface area (Å²) in [6, 6.07) is 18.5. The van der Waals surface area contributed by atoms with Crippen molar-refractivity contribution in [3.8, 4) is 0 Å². The normalized spacial score (nSPS) is 17.3. The molecule has 1 aliphatic rings. The van der Waals surface area contributed by atoms with Crippen molar-refractivity contribution in [2.75, 3.05) is 18.8 Å². The average Bonchev–Trinajstić information content (AvgIpc) is 2.58. The first kappa shape index (κ1) is 15.6. The van der Waals surface area contributed by atoms with Gasteiger partial charge >= 0.3 is 0 Å². The number of aliphatic imine (C=N–C) groups is 1. The van der Waals surface area contributed by atoms with E-state index in [0.29, 0.717) is 17.6 Å². The lowest BCUT2D eigenvalue weighted by atomic mass is 10.0. The fourth-order valence-electron chi connectivity index (χ4n) is 3.04. The quantitative estimate of drug-likeness (QED) is 0.518. The fourth-order valence-corrected chi connectivity index (χ4v) is 3.04. The van der Waals surface area contributed by atoms with Gasteiger partial charge in [0.2, 0.25) is 0 Å². The van der Waals surface area contributed by atoms with Crippen molar-refractivity contribution in [3.63, 3.8) is 0 Å². The lowest BCUT2D eigenvalue weighted by Crippen LogP contribution is -2.35. The fraction of sp³-hybridized carbons (Fsp3) is 0.316. The Hall–Kier alpha value is -2.33. The summed E-state index contributed by atoms with van der Waals surface area (Å²) in [5, 5.41) is 0. The first-order chi connectivity index (χ1) is 11.2. The monoisotopic (exact) mass is 308 g/mol. The highest BCUT2D eigenvalue weighted by atomic mass is 15.1. The Labute approximate surface area is 137 Å². The van der Waals surface area contributed by atoms with Gasteiger partial charge in [-0.2, -0.15) is 0 Å². The van der Waals surface area contributed by atoms with E-state index in [4.69, 9.17) is 16.5 Å². The van der Waals surface area contributed by atoms with Crippen LogP contribution >= 0.6 is 0 Å². The largest absolute Gasteiger partial charge is 0.398 e. The molecule has 1 heterocycles. The Morgan fingerprint density at radius 1 is 1.00 bits per heavy atom. The number of nitrogens with zero attached hydrogens (tertiary/aromatic N) is 2. The van der Waals surface area contributed by atoms with E-state index in [9.17, 15) is 0 Å². The summed E-state index contributed by atoms with van der Waals surface area (Å²) in [6.45, 7) is 3.12. The number of nitrogens with two attached hydrogens (primary N) is 2. The van der Waals surface area contributed by atoms with Gasteiger partial charge in [-0.05, 0) is 30.5 Å². The molecule has 23 heavy (non-hydrogen) atoms. The molecule has 0 aliphatic carbocycles. The van der Waals surface area contributed by atoms with Crippen LogP contribution in [0.2, 0.25) is 0 Å². The smallest absolute Gasteiger partial charge is 0.127 e. The molecular formula is C19H24N4. The minimum Gasteiger partial charge on any atom is -0.398 e. The lowest BCUT2D eigenvalue weighted by molar-refractivity contribution is 0.206. The van der Waals surface area contributed by atoms with Crippen LogP contribution in [0.25, 0.3) is 0 Å². The maximum atomic E-state index is 6.14. The van der Waals surface area contributed by atoms with Crippen LogP contribution in [0.3, 0.4) is 0 Å². The van der Waals surface area contributed by atoms with E-state index in [1.807, 2.05) is 24.3 Å². The Morgan fingerprint density at radius 2 is 1.65 bits per heavy atom. The third kappa shape index (κ3) is 4.11. The van der Waals surface area contributed by atoms with E-state index < -0.39 is 0 Å². The molecule has 0 bridgehead atoms. The number of hydrogen-bond donors (Lipinski definition) is 2. The molecule has 4 N–H and O–H groups in total. The number of rotatable bonds is 4. The van der Waals surface area contributed by atoms with Crippen LogP contribution in [0.4, 0.5) is 5.69 Å². The SMILES string of the molecule is NC(=NC1CCN(Cc2ccccc2)CC1)c1ccccc1N.